The van der Waals surface area contributed by atoms with Gasteiger partial charge in [-0.1, -0.05) is 23.7 Å². The SMILES string of the molecule is CCOc1ccc(NC(=O)Cc2cccc(Cl)c2)cc1S(=O)(=O)N(C)C. The first-order valence-corrected chi connectivity index (χ1v) is 9.79. The summed E-state index contributed by atoms with van der Waals surface area (Å²) in [6.07, 6.45) is 0.129. The van der Waals surface area contributed by atoms with E-state index in [1.54, 1.807) is 37.3 Å². The van der Waals surface area contributed by atoms with Crippen molar-refractivity contribution in [1.82, 2.24) is 4.31 Å². The largest absolute Gasteiger partial charge is 0.492 e. The summed E-state index contributed by atoms with van der Waals surface area (Å²) in [6, 6.07) is 11.5. The lowest BCUT2D eigenvalue weighted by atomic mass is 10.1. The molecule has 0 saturated heterocycles. The Morgan fingerprint density at radius 3 is 2.54 bits per heavy atom. The van der Waals surface area contributed by atoms with Gasteiger partial charge in [0.2, 0.25) is 15.9 Å². The van der Waals surface area contributed by atoms with Crippen molar-refractivity contribution in [3.05, 3.63) is 53.1 Å². The summed E-state index contributed by atoms with van der Waals surface area (Å²) in [7, 11) is -0.833. The molecule has 0 aliphatic carbocycles. The van der Waals surface area contributed by atoms with Crippen molar-refractivity contribution >= 4 is 33.2 Å². The van der Waals surface area contributed by atoms with Gasteiger partial charge in [-0.15, -0.1) is 0 Å². The summed E-state index contributed by atoms with van der Waals surface area (Å²) in [5, 5.41) is 3.26. The van der Waals surface area contributed by atoms with E-state index in [1.165, 1.54) is 26.2 Å². The maximum absolute atomic E-state index is 12.5. The average molecular weight is 397 g/mol. The van der Waals surface area contributed by atoms with E-state index in [4.69, 9.17) is 16.3 Å². The van der Waals surface area contributed by atoms with Gasteiger partial charge < -0.3 is 10.1 Å². The summed E-state index contributed by atoms with van der Waals surface area (Å²) in [6.45, 7) is 2.10. The highest BCUT2D eigenvalue weighted by Crippen LogP contribution is 2.29. The van der Waals surface area contributed by atoms with Crippen LogP contribution in [0.4, 0.5) is 5.69 Å². The molecule has 6 nitrogen and oxygen atoms in total. The van der Waals surface area contributed by atoms with E-state index in [-0.39, 0.29) is 23.0 Å². The van der Waals surface area contributed by atoms with Crippen LogP contribution in [0.1, 0.15) is 12.5 Å². The zero-order chi connectivity index (χ0) is 19.3. The number of carbonyl (C=O) groups excluding carboxylic acids is 1. The van der Waals surface area contributed by atoms with Gasteiger partial charge in [0, 0.05) is 24.8 Å². The van der Waals surface area contributed by atoms with Crippen molar-refractivity contribution in [2.24, 2.45) is 0 Å². The highest BCUT2D eigenvalue weighted by molar-refractivity contribution is 7.89. The molecule has 2 rings (SSSR count). The van der Waals surface area contributed by atoms with Gasteiger partial charge in [-0.05, 0) is 42.8 Å². The zero-order valence-electron chi connectivity index (χ0n) is 14.8. The fourth-order valence-corrected chi connectivity index (χ4v) is 3.56. The summed E-state index contributed by atoms with van der Waals surface area (Å²) in [4.78, 5) is 12.3. The third-order valence-electron chi connectivity index (χ3n) is 3.54. The van der Waals surface area contributed by atoms with Gasteiger partial charge in [-0.25, -0.2) is 12.7 Å². The molecule has 140 valence electrons. The van der Waals surface area contributed by atoms with E-state index in [9.17, 15) is 13.2 Å². The van der Waals surface area contributed by atoms with E-state index >= 15 is 0 Å². The van der Waals surface area contributed by atoms with Crippen LogP contribution in [-0.4, -0.2) is 39.3 Å². The standard InChI is InChI=1S/C18H21ClN2O4S/c1-4-25-16-9-8-15(12-17(16)26(23,24)21(2)3)20-18(22)11-13-6-5-7-14(19)10-13/h5-10,12H,4,11H2,1-3H3,(H,20,22). The van der Waals surface area contributed by atoms with Gasteiger partial charge >= 0.3 is 0 Å². The van der Waals surface area contributed by atoms with Crippen molar-refractivity contribution in [2.75, 3.05) is 26.0 Å². The summed E-state index contributed by atoms with van der Waals surface area (Å²) in [5.74, 6) is -0.0290. The van der Waals surface area contributed by atoms with E-state index in [2.05, 4.69) is 5.32 Å². The second kappa shape index (κ2) is 8.53. The third kappa shape index (κ3) is 4.97. The van der Waals surface area contributed by atoms with Crippen LogP contribution in [0.3, 0.4) is 0 Å². The predicted molar refractivity (Wildman–Crippen MR) is 102 cm³/mol. The molecule has 0 aliphatic heterocycles. The Morgan fingerprint density at radius 1 is 1.19 bits per heavy atom. The maximum atomic E-state index is 12.5. The van der Waals surface area contributed by atoms with Gasteiger partial charge in [0.25, 0.3) is 0 Å². The fourth-order valence-electron chi connectivity index (χ4n) is 2.30. The number of hydrogen-bond acceptors (Lipinski definition) is 4. The third-order valence-corrected chi connectivity index (χ3v) is 5.61. The minimum Gasteiger partial charge on any atom is -0.492 e. The molecule has 0 spiro atoms. The number of benzene rings is 2. The lowest BCUT2D eigenvalue weighted by Gasteiger charge is -2.16. The Labute approximate surface area is 158 Å². The van der Waals surface area contributed by atoms with E-state index in [0.29, 0.717) is 17.3 Å². The van der Waals surface area contributed by atoms with Gasteiger partial charge in [-0.2, -0.15) is 0 Å². The molecule has 2 aromatic carbocycles. The Kier molecular flexibility index (Phi) is 6.63. The highest BCUT2D eigenvalue weighted by atomic mass is 35.5. The molecule has 1 N–H and O–H groups in total. The zero-order valence-corrected chi connectivity index (χ0v) is 16.4. The van der Waals surface area contributed by atoms with Crippen LogP contribution in [0.5, 0.6) is 5.75 Å². The number of amides is 1. The number of halogens is 1. The summed E-state index contributed by atoms with van der Waals surface area (Å²) >= 11 is 5.92. The van der Waals surface area contributed by atoms with Crippen LogP contribution in [0.2, 0.25) is 5.02 Å². The molecule has 0 bridgehead atoms. The minimum absolute atomic E-state index is 0.00454. The highest BCUT2D eigenvalue weighted by Gasteiger charge is 2.23. The number of nitrogens with zero attached hydrogens (tertiary/aromatic N) is 1. The van der Waals surface area contributed by atoms with E-state index in [1.807, 2.05) is 0 Å². The number of hydrogen-bond donors (Lipinski definition) is 1. The Morgan fingerprint density at radius 2 is 1.92 bits per heavy atom. The smallest absolute Gasteiger partial charge is 0.246 e. The van der Waals surface area contributed by atoms with Gasteiger partial charge in [-0.3, -0.25) is 4.79 Å². The fraction of sp³-hybridized carbons (Fsp3) is 0.278. The van der Waals surface area contributed by atoms with E-state index in [0.717, 1.165) is 9.87 Å². The predicted octanol–water partition coefficient (Wildman–Crippen LogP) is 3.17. The number of carbonyl (C=O) groups is 1. The molecule has 26 heavy (non-hydrogen) atoms. The first-order chi connectivity index (χ1) is 12.2. The molecule has 0 unspecified atom stereocenters. The molecule has 0 fully saturated rings. The molecule has 8 heteroatoms. The number of anilines is 1. The second-order valence-corrected chi connectivity index (χ2v) is 8.29. The molecular formula is C18H21ClN2O4S. The molecule has 0 heterocycles. The Balaban J connectivity index is 2.26. The van der Waals surface area contributed by atoms with Crippen molar-refractivity contribution < 1.29 is 17.9 Å². The molecule has 2 aromatic rings. The molecule has 0 aromatic heterocycles. The van der Waals surface area contributed by atoms with Gasteiger partial charge in [0.1, 0.15) is 10.6 Å². The summed E-state index contributed by atoms with van der Waals surface area (Å²) in [5.41, 5.74) is 1.14. The molecule has 0 atom stereocenters. The Hall–Kier alpha value is -2.09. The van der Waals surface area contributed by atoms with Crippen LogP contribution in [0, 0.1) is 0 Å². The summed E-state index contributed by atoms with van der Waals surface area (Å²) < 4.78 is 31.5. The second-order valence-electron chi connectivity index (χ2n) is 5.74. The van der Waals surface area contributed by atoms with Crippen LogP contribution < -0.4 is 10.1 Å². The molecule has 0 saturated carbocycles. The number of nitrogens with one attached hydrogen (secondary N) is 1. The Bertz CT molecular complexity index is 898. The van der Waals surface area contributed by atoms with Crippen LogP contribution in [0.15, 0.2) is 47.4 Å². The van der Waals surface area contributed by atoms with E-state index < -0.39 is 10.0 Å². The van der Waals surface area contributed by atoms with Gasteiger partial charge in [0.05, 0.1) is 13.0 Å². The lowest BCUT2D eigenvalue weighted by molar-refractivity contribution is -0.115. The van der Waals surface area contributed by atoms with Crippen molar-refractivity contribution in [1.29, 1.82) is 0 Å². The van der Waals surface area contributed by atoms with Crippen molar-refractivity contribution in [3.63, 3.8) is 0 Å². The first kappa shape index (κ1) is 20.2. The first-order valence-electron chi connectivity index (χ1n) is 7.97. The molecule has 0 aliphatic rings. The topological polar surface area (TPSA) is 75.7 Å². The minimum atomic E-state index is -3.71. The van der Waals surface area contributed by atoms with Crippen LogP contribution in [0.25, 0.3) is 0 Å². The van der Waals surface area contributed by atoms with Crippen molar-refractivity contribution in [3.8, 4) is 5.75 Å². The lowest BCUT2D eigenvalue weighted by Crippen LogP contribution is -2.23. The normalized spacial score (nSPS) is 11.4. The van der Waals surface area contributed by atoms with Crippen molar-refractivity contribution in [2.45, 2.75) is 18.2 Å². The monoisotopic (exact) mass is 396 g/mol. The quantitative estimate of drug-likeness (QED) is 0.779. The van der Waals surface area contributed by atoms with Crippen LogP contribution >= 0.6 is 11.6 Å². The van der Waals surface area contributed by atoms with Gasteiger partial charge in [0.15, 0.2) is 0 Å². The average Bonchev–Trinajstić information content (AvgIpc) is 2.56. The molecule has 1 amide bonds. The molecule has 0 radical (unpaired) electrons. The maximum Gasteiger partial charge on any atom is 0.246 e. The molecular weight excluding hydrogens is 376 g/mol. The van der Waals surface area contributed by atoms with Crippen LogP contribution in [-0.2, 0) is 21.2 Å². The number of ether oxygens (including phenoxy) is 1. The number of sulfonamides is 1. The number of rotatable bonds is 7.